The van der Waals surface area contributed by atoms with Gasteiger partial charge in [0.15, 0.2) is 17.5 Å². The fraction of sp³-hybridized carbons (Fsp3) is 0.600. The van der Waals surface area contributed by atoms with Crippen molar-refractivity contribution in [3.8, 4) is 5.75 Å². The van der Waals surface area contributed by atoms with Crippen molar-refractivity contribution in [3.63, 3.8) is 0 Å². The molecule has 1 aliphatic carbocycles. The number of hydrogen-bond acceptors (Lipinski definition) is 1. The van der Waals surface area contributed by atoms with Gasteiger partial charge in [-0.05, 0) is 42.4 Å². The van der Waals surface area contributed by atoms with Crippen LogP contribution in [0.1, 0.15) is 102 Å². The summed E-state index contributed by atoms with van der Waals surface area (Å²) in [7, 11) is 0. The molecular weight excluding hydrogens is 471 g/mol. The van der Waals surface area contributed by atoms with Gasteiger partial charge in [0.25, 0.3) is 0 Å². The van der Waals surface area contributed by atoms with E-state index in [0.29, 0.717) is 18.1 Å². The number of ether oxygens (including phenoxy) is 1. The molecule has 0 amide bonds. The largest absolute Gasteiger partial charge is 0.429 e. The summed E-state index contributed by atoms with van der Waals surface area (Å²) in [5.74, 6) is -4.12. The van der Waals surface area contributed by atoms with Crippen LogP contribution in [-0.2, 0) is 12.5 Å². The van der Waals surface area contributed by atoms with E-state index in [2.05, 4.69) is 11.7 Å². The Kier molecular flexibility index (Phi) is 11.1. The predicted molar refractivity (Wildman–Crippen MR) is 134 cm³/mol. The van der Waals surface area contributed by atoms with Crippen molar-refractivity contribution in [3.05, 3.63) is 65.0 Å². The molecule has 200 valence electrons. The van der Waals surface area contributed by atoms with Crippen LogP contribution in [0, 0.1) is 29.3 Å². The lowest BCUT2D eigenvalue weighted by Crippen LogP contribution is -2.22. The molecule has 0 heterocycles. The minimum Gasteiger partial charge on any atom is -0.429 e. The molecular formula is C30H39F5O. The quantitative estimate of drug-likeness (QED) is 0.140. The molecule has 6 heteroatoms. The minimum absolute atomic E-state index is 0.407. The average molecular weight is 511 g/mol. The maximum atomic E-state index is 14.5. The molecule has 0 saturated heterocycles. The molecule has 1 fully saturated rings. The second-order valence-corrected chi connectivity index (χ2v) is 10.4. The van der Waals surface area contributed by atoms with Crippen LogP contribution >= 0.6 is 0 Å². The monoisotopic (exact) mass is 510 g/mol. The van der Waals surface area contributed by atoms with E-state index < -0.39 is 34.9 Å². The lowest BCUT2D eigenvalue weighted by molar-refractivity contribution is -0.185. The van der Waals surface area contributed by atoms with Gasteiger partial charge in [0.05, 0.1) is 5.56 Å². The Labute approximate surface area is 212 Å². The van der Waals surface area contributed by atoms with Crippen LogP contribution in [0.5, 0.6) is 5.75 Å². The molecule has 0 aliphatic heterocycles. The number of hydrogen-bond donors (Lipinski definition) is 0. The number of aryl methyl sites for hydroxylation is 1. The highest BCUT2D eigenvalue weighted by molar-refractivity contribution is 5.29. The zero-order chi connectivity index (χ0) is 26.0. The molecule has 2 aromatic rings. The Morgan fingerprint density at radius 2 is 1.28 bits per heavy atom. The first-order chi connectivity index (χ1) is 17.3. The van der Waals surface area contributed by atoms with E-state index in [4.69, 9.17) is 0 Å². The molecule has 0 atom stereocenters. The average Bonchev–Trinajstić information content (AvgIpc) is 2.86. The maximum absolute atomic E-state index is 14.5. The van der Waals surface area contributed by atoms with Crippen molar-refractivity contribution in [1.29, 1.82) is 0 Å². The molecule has 1 nitrogen and oxygen atoms in total. The summed E-state index contributed by atoms with van der Waals surface area (Å²) in [4.78, 5) is 0. The van der Waals surface area contributed by atoms with Crippen molar-refractivity contribution in [2.75, 3.05) is 0 Å². The summed E-state index contributed by atoms with van der Waals surface area (Å²) in [5.41, 5.74) is 0.542. The first-order valence-electron chi connectivity index (χ1n) is 13.6. The Bertz CT molecular complexity index is 896. The summed E-state index contributed by atoms with van der Waals surface area (Å²) < 4.78 is 73.1. The first kappa shape index (κ1) is 28.5. The Balaban J connectivity index is 1.38. The third kappa shape index (κ3) is 8.77. The molecule has 1 aliphatic rings. The van der Waals surface area contributed by atoms with E-state index in [-0.39, 0.29) is 0 Å². The summed E-state index contributed by atoms with van der Waals surface area (Å²) in [6, 6.07) is 6.64. The lowest BCUT2D eigenvalue weighted by atomic mass is 9.77. The van der Waals surface area contributed by atoms with E-state index in [1.807, 2.05) is 0 Å². The number of halogens is 5. The van der Waals surface area contributed by atoms with Gasteiger partial charge in [-0.25, -0.2) is 13.2 Å². The summed E-state index contributed by atoms with van der Waals surface area (Å²) in [6.45, 7) is 2.25. The molecule has 0 aromatic heterocycles. The molecule has 2 aromatic carbocycles. The van der Waals surface area contributed by atoms with Crippen LogP contribution in [0.4, 0.5) is 22.0 Å². The first-order valence-corrected chi connectivity index (χ1v) is 13.6. The van der Waals surface area contributed by atoms with Gasteiger partial charge in [0.2, 0.25) is 0 Å². The van der Waals surface area contributed by atoms with Crippen molar-refractivity contribution >= 4 is 0 Å². The van der Waals surface area contributed by atoms with Gasteiger partial charge in [0.1, 0.15) is 5.75 Å². The van der Waals surface area contributed by atoms with Gasteiger partial charge in [0, 0.05) is 12.1 Å². The van der Waals surface area contributed by atoms with Crippen molar-refractivity contribution in [1.82, 2.24) is 0 Å². The van der Waals surface area contributed by atoms with Crippen molar-refractivity contribution in [2.45, 2.75) is 103 Å². The molecule has 36 heavy (non-hydrogen) atoms. The fourth-order valence-corrected chi connectivity index (χ4v) is 5.23. The third-order valence-electron chi connectivity index (χ3n) is 7.52. The van der Waals surface area contributed by atoms with E-state index in [9.17, 15) is 22.0 Å². The molecule has 0 N–H and O–H groups in total. The topological polar surface area (TPSA) is 9.23 Å². The standard InChI is InChI=1S/C30H39F5O/c1-2-3-4-5-6-7-8-9-22-10-12-23(13-11-22)14-15-24-16-18-25(19-17-24)30(34,35)36-26-20-27(31)29(33)28(32)21-26/h16-23H,2-15H2,1H3. The van der Waals surface area contributed by atoms with Crippen molar-refractivity contribution < 1.29 is 26.7 Å². The lowest BCUT2D eigenvalue weighted by Gasteiger charge is -2.28. The summed E-state index contributed by atoms with van der Waals surface area (Å²) in [5, 5.41) is 0. The van der Waals surface area contributed by atoms with Crippen LogP contribution in [0.25, 0.3) is 0 Å². The minimum atomic E-state index is -3.80. The summed E-state index contributed by atoms with van der Waals surface area (Å²) >= 11 is 0. The highest BCUT2D eigenvalue weighted by Crippen LogP contribution is 2.35. The van der Waals surface area contributed by atoms with Gasteiger partial charge in [-0.2, -0.15) is 8.78 Å². The van der Waals surface area contributed by atoms with Gasteiger partial charge in [-0.3, -0.25) is 0 Å². The Morgan fingerprint density at radius 1 is 0.750 bits per heavy atom. The van der Waals surface area contributed by atoms with Gasteiger partial charge < -0.3 is 4.74 Å². The molecule has 0 bridgehead atoms. The van der Waals surface area contributed by atoms with Crippen LogP contribution < -0.4 is 4.74 Å². The number of rotatable bonds is 14. The normalized spacial score (nSPS) is 18.4. The number of alkyl halides is 2. The smallest absolute Gasteiger partial charge is 0.426 e. The molecule has 3 rings (SSSR count). The van der Waals surface area contributed by atoms with E-state index in [1.54, 1.807) is 12.1 Å². The number of benzene rings is 2. The van der Waals surface area contributed by atoms with Crippen LogP contribution in [0.2, 0.25) is 0 Å². The highest BCUT2D eigenvalue weighted by atomic mass is 19.3. The maximum Gasteiger partial charge on any atom is 0.426 e. The highest BCUT2D eigenvalue weighted by Gasteiger charge is 2.35. The van der Waals surface area contributed by atoms with Crippen LogP contribution in [-0.4, -0.2) is 0 Å². The van der Waals surface area contributed by atoms with Crippen molar-refractivity contribution in [2.24, 2.45) is 11.8 Å². The van der Waals surface area contributed by atoms with Gasteiger partial charge >= 0.3 is 6.11 Å². The third-order valence-corrected chi connectivity index (χ3v) is 7.52. The SMILES string of the molecule is CCCCCCCCCC1CCC(CCc2ccc(C(F)(F)Oc3cc(F)c(F)c(F)c3)cc2)CC1. The van der Waals surface area contributed by atoms with Crippen LogP contribution in [0.3, 0.4) is 0 Å². The molecule has 0 spiro atoms. The fourth-order valence-electron chi connectivity index (χ4n) is 5.23. The predicted octanol–water partition coefficient (Wildman–Crippen LogP) is 10.1. The molecule has 0 unspecified atom stereocenters. The van der Waals surface area contributed by atoms with Crippen LogP contribution in [0.15, 0.2) is 36.4 Å². The molecule has 1 saturated carbocycles. The molecule has 0 radical (unpaired) electrons. The Morgan fingerprint density at radius 3 is 1.86 bits per heavy atom. The summed E-state index contributed by atoms with van der Waals surface area (Å²) in [6.07, 6.45) is 14.0. The second kappa shape index (κ2) is 14.0. The second-order valence-electron chi connectivity index (χ2n) is 10.4. The van der Waals surface area contributed by atoms with Gasteiger partial charge in [-0.15, -0.1) is 0 Å². The van der Waals surface area contributed by atoms with Gasteiger partial charge in [-0.1, -0.05) is 96.1 Å². The Hall–Kier alpha value is -2.11. The van der Waals surface area contributed by atoms with E-state index >= 15 is 0 Å². The van der Waals surface area contributed by atoms with E-state index in [0.717, 1.165) is 24.3 Å². The zero-order valence-corrected chi connectivity index (χ0v) is 21.3. The number of unbranched alkanes of at least 4 members (excludes halogenated alkanes) is 6. The zero-order valence-electron chi connectivity index (χ0n) is 21.3. The van der Waals surface area contributed by atoms with E-state index in [1.165, 1.54) is 89.2 Å².